The lowest BCUT2D eigenvalue weighted by Crippen LogP contribution is -2.24. The van der Waals surface area contributed by atoms with Gasteiger partial charge in [0.15, 0.2) is 11.0 Å². The van der Waals surface area contributed by atoms with Crippen LogP contribution in [0.4, 0.5) is 17.6 Å². The predicted octanol–water partition coefficient (Wildman–Crippen LogP) is 5.65. The first-order valence-corrected chi connectivity index (χ1v) is 11.1. The van der Waals surface area contributed by atoms with Crippen molar-refractivity contribution < 1.29 is 22.4 Å². The minimum Gasteiger partial charge on any atom is -0.345 e. The van der Waals surface area contributed by atoms with Crippen molar-refractivity contribution in [1.29, 1.82) is 0 Å². The maximum absolute atomic E-state index is 13.5. The molecule has 0 aliphatic carbocycles. The molecule has 0 atom stereocenters. The molecule has 174 valence electrons. The Balaban J connectivity index is 1.57. The topological polar surface area (TPSA) is 59.8 Å². The standard InChI is InChI=1S/C24H18F4N4OS/c25-19-9-11-20(12-10-19)32-21(14-29-22(33)17-6-2-1-3-7-17)30-31-23(32)34-15-16-5-4-8-18(13-16)24(26,27)28/h1-13H,14-15H2,(H,29,33). The molecule has 0 aliphatic heterocycles. The summed E-state index contributed by atoms with van der Waals surface area (Å²) in [6.45, 7) is 0.0439. The minimum absolute atomic E-state index is 0.0439. The molecule has 5 nitrogen and oxygen atoms in total. The van der Waals surface area contributed by atoms with Gasteiger partial charge in [-0.3, -0.25) is 9.36 Å². The van der Waals surface area contributed by atoms with Gasteiger partial charge in [0, 0.05) is 17.0 Å². The van der Waals surface area contributed by atoms with Crippen LogP contribution in [0, 0.1) is 5.82 Å². The molecule has 4 aromatic rings. The Bertz CT molecular complexity index is 1270. The van der Waals surface area contributed by atoms with Crippen LogP contribution in [-0.2, 0) is 18.5 Å². The summed E-state index contributed by atoms with van der Waals surface area (Å²) in [7, 11) is 0. The van der Waals surface area contributed by atoms with E-state index in [2.05, 4.69) is 15.5 Å². The van der Waals surface area contributed by atoms with E-state index in [4.69, 9.17) is 0 Å². The van der Waals surface area contributed by atoms with E-state index in [-0.39, 0.29) is 18.2 Å². The first kappa shape index (κ1) is 23.5. The van der Waals surface area contributed by atoms with E-state index in [0.717, 1.165) is 12.1 Å². The molecule has 0 saturated heterocycles. The van der Waals surface area contributed by atoms with Gasteiger partial charge in [-0.2, -0.15) is 13.2 Å². The van der Waals surface area contributed by atoms with Gasteiger partial charge in [0.1, 0.15) is 5.82 Å². The van der Waals surface area contributed by atoms with Crippen molar-refractivity contribution in [2.24, 2.45) is 0 Å². The van der Waals surface area contributed by atoms with E-state index in [1.165, 1.54) is 42.1 Å². The fourth-order valence-electron chi connectivity index (χ4n) is 3.19. The summed E-state index contributed by atoms with van der Waals surface area (Å²) in [5.41, 5.74) is 0.777. The number of carbonyl (C=O) groups excluding carboxylic acids is 1. The number of nitrogens with one attached hydrogen (secondary N) is 1. The smallest absolute Gasteiger partial charge is 0.345 e. The zero-order valence-corrected chi connectivity index (χ0v) is 18.4. The van der Waals surface area contributed by atoms with Crippen LogP contribution in [0.15, 0.2) is 84.0 Å². The number of hydrogen-bond acceptors (Lipinski definition) is 4. The van der Waals surface area contributed by atoms with Gasteiger partial charge in [-0.1, -0.05) is 48.2 Å². The number of amides is 1. The molecule has 0 radical (unpaired) electrons. The molecule has 0 bridgehead atoms. The molecule has 0 aliphatic rings. The Kier molecular flexibility index (Phi) is 6.97. The molecular weight excluding hydrogens is 468 g/mol. The molecular formula is C24H18F4N4OS. The fraction of sp³-hybridized carbons (Fsp3) is 0.125. The Labute approximate surface area is 196 Å². The van der Waals surface area contributed by atoms with Crippen LogP contribution in [0.2, 0.25) is 0 Å². The van der Waals surface area contributed by atoms with E-state index in [9.17, 15) is 22.4 Å². The normalized spacial score (nSPS) is 11.4. The summed E-state index contributed by atoms with van der Waals surface area (Å²) in [6.07, 6.45) is -4.43. The second-order valence-corrected chi connectivity index (χ2v) is 8.19. The molecule has 0 unspecified atom stereocenters. The predicted molar refractivity (Wildman–Crippen MR) is 120 cm³/mol. The maximum atomic E-state index is 13.5. The van der Waals surface area contributed by atoms with E-state index < -0.39 is 17.6 Å². The highest BCUT2D eigenvalue weighted by Crippen LogP contribution is 2.31. The molecule has 0 spiro atoms. The summed E-state index contributed by atoms with van der Waals surface area (Å²) >= 11 is 1.19. The summed E-state index contributed by atoms with van der Waals surface area (Å²) in [5, 5.41) is 11.5. The van der Waals surface area contributed by atoms with Crippen LogP contribution in [0.5, 0.6) is 0 Å². The fourth-order valence-corrected chi connectivity index (χ4v) is 4.11. The monoisotopic (exact) mass is 486 g/mol. The van der Waals surface area contributed by atoms with Gasteiger partial charge < -0.3 is 5.32 Å². The first-order chi connectivity index (χ1) is 16.3. The Hall–Kier alpha value is -3.66. The molecule has 1 N–H and O–H groups in total. The van der Waals surface area contributed by atoms with Crippen LogP contribution in [-0.4, -0.2) is 20.7 Å². The Morgan fingerprint density at radius 2 is 1.68 bits per heavy atom. The van der Waals surface area contributed by atoms with Gasteiger partial charge in [-0.05, 0) is 48.0 Å². The largest absolute Gasteiger partial charge is 0.416 e. The van der Waals surface area contributed by atoms with Gasteiger partial charge in [0.05, 0.1) is 12.1 Å². The third kappa shape index (κ3) is 5.63. The Morgan fingerprint density at radius 3 is 2.38 bits per heavy atom. The van der Waals surface area contributed by atoms with Crippen LogP contribution in [0.1, 0.15) is 27.3 Å². The summed E-state index contributed by atoms with van der Waals surface area (Å²) in [5.74, 6) is -0.122. The number of aromatic nitrogens is 3. The van der Waals surface area contributed by atoms with Crippen molar-refractivity contribution >= 4 is 17.7 Å². The summed E-state index contributed by atoms with van der Waals surface area (Å²) in [6, 6.07) is 19.3. The second kappa shape index (κ2) is 10.1. The van der Waals surface area contributed by atoms with Crippen LogP contribution in [0.25, 0.3) is 5.69 Å². The summed E-state index contributed by atoms with van der Waals surface area (Å²) < 4.78 is 54.2. The number of nitrogens with zero attached hydrogens (tertiary/aromatic N) is 3. The molecule has 1 heterocycles. The summed E-state index contributed by atoms with van der Waals surface area (Å²) in [4.78, 5) is 12.4. The molecule has 1 aromatic heterocycles. The SMILES string of the molecule is O=C(NCc1nnc(SCc2cccc(C(F)(F)F)c2)n1-c1ccc(F)cc1)c1ccccc1. The minimum atomic E-state index is -4.43. The van der Waals surface area contributed by atoms with Gasteiger partial charge in [-0.15, -0.1) is 10.2 Å². The number of hydrogen-bond donors (Lipinski definition) is 1. The number of alkyl halides is 3. The highest BCUT2D eigenvalue weighted by molar-refractivity contribution is 7.98. The molecule has 34 heavy (non-hydrogen) atoms. The lowest BCUT2D eigenvalue weighted by Gasteiger charge is -2.12. The number of halogens is 4. The van der Waals surface area contributed by atoms with Crippen LogP contribution in [0.3, 0.4) is 0 Å². The zero-order chi connectivity index (χ0) is 24.1. The van der Waals surface area contributed by atoms with Crippen LogP contribution < -0.4 is 5.32 Å². The third-order valence-corrected chi connectivity index (χ3v) is 5.85. The van der Waals surface area contributed by atoms with E-state index >= 15 is 0 Å². The van der Waals surface area contributed by atoms with Crippen molar-refractivity contribution in [1.82, 2.24) is 20.1 Å². The first-order valence-electron chi connectivity index (χ1n) is 10.1. The number of carbonyl (C=O) groups is 1. The van der Waals surface area contributed by atoms with E-state index in [1.807, 2.05) is 0 Å². The third-order valence-electron chi connectivity index (χ3n) is 4.85. The van der Waals surface area contributed by atoms with Gasteiger partial charge in [0.25, 0.3) is 5.91 Å². The van der Waals surface area contributed by atoms with Gasteiger partial charge >= 0.3 is 6.18 Å². The number of rotatable bonds is 7. The molecule has 0 saturated carbocycles. The zero-order valence-electron chi connectivity index (χ0n) is 17.6. The van der Waals surface area contributed by atoms with Gasteiger partial charge in [-0.25, -0.2) is 4.39 Å². The van der Waals surface area contributed by atoms with Gasteiger partial charge in [0.2, 0.25) is 0 Å². The van der Waals surface area contributed by atoms with Crippen molar-refractivity contribution in [2.45, 2.75) is 23.6 Å². The highest BCUT2D eigenvalue weighted by atomic mass is 32.2. The van der Waals surface area contributed by atoms with Crippen LogP contribution >= 0.6 is 11.8 Å². The second-order valence-electron chi connectivity index (χ2n) is 7.25. The lowest BCUT2D eigenvalue weighted by atomic mass is 10.1. The lowest BCUT2D eigenvalue weighted by molar-refractivity contribution is -0.137. The molecule has 1 amide bonds. The van der Waals surface area contributed by atoms with Crippen molar-refractivity contribution in [3.63, 3.8) is 0 Å². The highest BCUT2D eigenvalue weighted by Gasteiger charge is 2.30. The average Bonchev–Trinajstić information content (AvgIpc) is 3.24. The number of benzene rings is 3. The van der Waals surface area contributed by atoms with Crippen molar-refractivity contribution in [2.75, 3.05) is 0 Å². The van der Waals surface area contributed by atoms with Crippen molar-refractivity contribution in [3.05, 3.63) is 107 Å². The molecule has 10 heteroatoms. The van der Waals surface area contributed by atoms with Crippen molar-refractivity contribution in [3.8, 4) is 5.69 Å². The maximum Gasteiger partial charge on any atom is 0.416 e. The quantitative estimate of drug-likeness (QED) is 0.271. The number of thioether (sulfide) groups is 1. The van der Waals surface area contributed by atoms with E-state index in [1.54, 1.807) is 41.0 Å². The molecule has 4 rings (SSSR count). The molecule has 3 aromatic carbocycles. The average molecular weight is 486 g/mol. The molecule has 0 fully saturated rings. The Morgan fingerprint density at radius 1 is 0.941 bits per heavy atom. The van der Waals surface area contributed by atoms with E-state index in [0.29, 0.717) is 27.8 Å².